The Morgan fingerprint density at radius 1 is 1.08 bits per heavy atom. The maximum Gasteiger partial charge on any atom is 0.290 e. The molecule has 1 aliphatic rings. The number of ketones is 1. The summed E-state index contributed by atoms with van der Waals surface area (Å²) in [5.41, 5.74) is 2.17. The number of Topliss-reactive ketones (excluding diaryl/α,β-unsaturated/α-hetero) is 1. The number of thiazole rings is 1. The predicted octanol–water partition coefficient (Wildman–Crippen LogP) is 5.45. The van der Waals surface area contributed by atoms with Gasteiger partial charge in [-0.3, -0.25) is 9.59 Å². The molecule has 1 amide bonds. The van der Waals surface area contributed by atoms with E-state index in [1.54, 1.807) is 37.1 Å². The van der Waals surface area contributed by atoms with Crippen LogP contribution in [0.15, 0.2) is 59.9 Å². The van der Waals surface area contributed by atoms with Crippen molar-refractivity contribution in [3.8, 4) is 22.1 Å². The molecule has 0 bridgehead atoms. The normalized spacial score (nSPS) is 15.4. The van der Waals surface area contributed by atoms with E-state index in [2.05, 4.69) is 23.7 Å². The lowest BCUT2D eigenvalue weighted by molar-refractivity contribution is -0.129. The van der Waals surface area contributed by atoms with E-state index in [1.165, 1.54) is 18.4 Å². The first-order valence-electron chi connectivity index (χ1n) is 13.1. The second-order valence-electron chi connectivity index (χ2n) is 9.29. The zero-order chi connectivity index (χ0) is 28.1. The number of aryl methyl sites for hydroxylation is 1. The van der Waals surface area contributed by atoms with Gasteiger partial charge in [0.25, 0.3) is 5.91 Å². The van der Waals surface area contributed by atoms with Crippen molar-refractivity contribution < 1.29 is 24.2 Å². The van der Waals surface area contributed by atoms with Crippen LogP contribution in [-0.4, -0.2) is 72.0 Å². The summed E-state index contributed by atoms with van der Waals surface area (Å²) in [5.74, 6) is -0.460. The highest BCUT2D eigenvalue weighted by atomic mass is 32.1. The monoisotopic (exact) mass is 549 g/mol. The summed E-state index contributed by atoms with van der Waals surface area (Å²) in [5, 5.41) is 11.8. The molecule has 2 aromatic carbocycles. The molecule has 1 N–H and O–H groups in total. The van der Waals surface area contributed by atoms with Crippen molar-refractivity contribution in [2.24, 2.45) is 0 Å². The first kappa shape index (κ1) is 28.3. The number of benzene rings is 2. The Bertz CT molecular complexity index is 1360. The number of hydrogen-bond donors (Lipinski definition) is 1. The first-order chi connectivity index (χ1) is 18.8. The number of carbonyl (C=O) groups excluding carboxylic acids is 2. The van der Waals surface area contributed by atoms with Crippen LogP contribution >= 0.6 is 11.3 Å². The molecule has 3 aromatic rings. The number of nitrogens with zero attached hydrogens (tertiary/aromatic N) is 3. The van der Waals surface area contributed by atoms with E-state index in [9.17, 15) is 14.7 Å². The maximum atomic E-state index is 14.1. The fourth-order valence-corrected chi connectivity index (χ4v) is 5.95. The lowest BCUT2D eigenvalue weighted by Gasteiger charge is -2.28. The van der Waals surface area contributed by atoms with Gasteiger partial charge in [0.15, 0.2) is 17.3 Å². The third-order valence-corrected chi connectivity index (χ3v) is 8.27. The minimum atomic E-state index is -0.775. The Morgan fingerprint density at radius 3 is 2.41 bits per heavy atom. The van der Waals surface area contributed by atoms with Crippen LogP contribution in [0, 0.1) is 6.92 Å². The van der Waals surface area contributed by atoms with Gasteiger partial charge < -0.3 is 24.4 Å². The molecule has 0 fully saturated rings. The van der Waals surface area contributed by atoms with Crippen molar-refractivity contribution in [3.05, 3.63) is 76.0 Å². The SMILES string of the molecule is CCN(CC)CCCN1C(=O)C(O)=C(C(=O)c2sc(-c3ccccc3)nc2C)C1c1ccc(OC)c(OC)c1. The van der Waals surface area contributed by atoms with Crippen LogP contribution in [-0.2, 0) is 4.79 Å². The van der Waals surface area contributed by atoms with E-state index in [4.69, 9.17) is 9.47 Å². The summed E-state index contributed by atoms with van der Waals surface area (Å²) in [4.78, 5) is 36.4. The van der Waals surface area contributed by atoms with Crippen LogP contribution < -0.4 is 9.47 Å². The van der Waals surface area contributed by atoms with Crippen LogP contribution in [0.25, 0.3) is 10.6 Å². The van der Waals surface area contributed by atoms with Gasteiger partial charge in [0.05, 0.1) is 36.4 Å². The Labute approximate surface area is 233 Å². The third kappa shape index (κ3) is 5.69. The zero-order valence-electron chi connectivity index (χ0n) is 23.1. The number of aliphatic hydroxyl groups is 1. The van der Waals surface area contributed by atoms with Crippen molar-refractivity contribution in [2.75, 3.05) is 40.4 Å². The number of aliphatic hydroxyl groups excluding tert-OH is 1. The fourth-order valence-electron chi connectivity index (χ4n) is 4.92. The lowest BCUT2D eigenvalue weighted by atomic mass is 9.94. The van der Waals surface area contributed by atoms with Crippen molar-refractivity contribution in [1.82, 2.24) is 14.8 Å². The molecule has 39 heavy (non-hydrogen) atoms. The van der Waals surface area contributed by atoms with E-state index >= 15 is 0 Å². The number of methoxy groups -OCH3 is 2. The number of amides is 1. The number of rotatable bonds is 12. The molecule has 1 atom stereocenters. The van der Waals surface area contributed by atoms with Crippen LogP contribution in [0.3, 0.4) is 0 Å². The summed E-state index contributed by atoms with van der Waals surface area (Å²) < 4.78 is 10.9. The maximum absolute atomic E-state index is 14.1. The van der Waals surface area contributed by atoms with E-state index in [0.29, 0.717) is 45.6 Å². The number of aromatic nitrogens is 1. The van der Waals surface area contributed by atoms with E-state index < -0.39 is 23.5 Å². The molecule has 1 aliphatic heterocycles. The van der Waals surface area contributed by atoms with E-state index in [1.807, 2.05) is 30.3 Å². The first-order valence-corrected chi connectivity index (χ1v) is 13.9. The minimum Gasteiger partial charge on any atom is -0.503 e. The molecule has 0 spiro atoms. The molecular weight excluding hydrogens is 514 g/mol. The predicted molar refractivity (Wildman–Crippen MR) is 153 cm³/mol. The molecule has 2 heterocycles. The Morgan fingerprint density at radius 2 is 1.77 bits per heavy atom. The van der Waals surface area contributed by atoms with Gasteiger partial charge in [0, 0.05) is 12.1 Å². The van der Waals surface area contributed by atoms with Gasteiger partial charge in [-0.1, -0.05) is 50.2 Å². The smallest absolute Gasteiger partial charge is 0.290 e. The molecule has 1 unspecified atom stereocenters. The minimum absolute atomic E-state index is 0.0569. The summed E-state index contributed by atoms with van der Waals surface area (Å²) in [6, 6.07) is 14.2. The van der Waals surface area contributed by atoms with Crippen molar-refractivity contribution in [3.63, 3.8) is 0 Å². The topological polar surface area (TPSA) is 92.2 Å². The molecule has 0 saturated heterocycles. The molecule has 8 nitrogen and oxygen atoms in total. The third-order valence-electron chi connectivity index (χ3n) is 7.06. The second-order valence-corrected chi connectivity index (χ2v) is 10.3. The highest BCUT2D eigenvalue weighted by Gasteiger charge is 2.44. The molecular formula is C30H35N3O5S. The molecule has 4 rings (SSSR count). The van der Waals surface area contributed by atoms with Gasteiger partial charge in [-0.15, -0.1) is 11.3 Å². The quantitative estimate of drug-likeness (QED) is 0.301. The van der Waals surface area contributed by atoms with Crippen LogP contribution in [0.2, 0.25) is 0 Å². The van der Waals surface area contributed by atoms with E-state index in [0.717, 1.165) is 25.2 Å². The number of ether oxygens (including phenoxy) is 2. The van der Waals surface area contributed by atoms with Gasteiger partial charge in [-0.25, -0.2) is 4.98 Å². The van der Waals surface area contributed by atoms with Crippen molar-refractivity contribution in [2.45, 2.75) is 33.2 Å². The highest BCUT2D eigenvalue weighted by Crippen LogP contribution is 2.43. The lowest BCUT2D eigenvalue weighted by Crippen LogP contribution is -2.34. The Balaban J connectivity index is 1.75. The fraction of sp³-hybridized carbons (Fsp3) is 0.367. The summed E-state index contributed by atoms with van der Waals surface area (Å²) >= 11 is 1.26. The van der Waals surface area contributed by atoms with Gasteiger partial charge in [-0.2, -0.15) is 0 Å². The zero-order valence-corrected chi connectivity index (χ0v) is 23.9. The standard InChI is InChI=1S/C30H35N3O5S/c1-6-32(7-2)16-11-17-33-25(21-14-15-22(37-4)23(18-21)38-5)24(27(35)30(33)36)26(34)28-19(3)31-29(39-28)20-12-9-8-10-13-20/h8-10,12-15,18,25,35H,6-7,11,16-17H2,1-5H3. The summed E-state index contributed by atoms with van der Waals surface area (Å²) in [6.07, 6.45) is 0.698. The van der Waals surface area contributed by atoms with Crippen LogP contribution in [0.1, 0.15) is 47.2 Å². The van der Waals surface area contributed by atoms with E-state index in [-0.39, 0.29) is 5.57 Å². The average Bonchev–Trinajstić information content (AvgIpc) is 3.47. The summed E-state index contributed by atoms with van der Waals surface area (Å²) in [7, 11) is 3.09. The Hall–Kier alpha value is -3.69. The largest absolute Gasteiger partial charge is 0.503 e. The molecule has 9 heteroatoms. The van der Waals surface area contributed by atoms with Gasteiger partial charge >= 0.3 is 0 Å². The molecule has 1 aromatic heterocycles. The summed E-state index contributed by atoms with van der Waals surface area (Å²) in [6.45, 7) is 8.97. The second kappa shape index (κ2) is 12.4. The van der Waals surface area contributed by atoms with Gasteiger partial charge in [0.1, 0.15) is 5.01 Å². The van der Waals surface area contributed by atoms with Crippen molar-refractivity contribution >= 4 is 23.0 Å². The van der Waals surface area contributed by atoms with Gasteiger partial charge in [0.2, 0.25) is 5.78 Å². The van der Waals surface area contributed by atoms with Crippen molar-refractivity contribution in [1.29, 1.82) is 0 Å². The number of hydrogen-bond acceptors (Lipinski definition) is 8. The van der Waals surface area contributed by atoms with Crippen LogP contribution in [0.5, 0.6) is 11.5 Å². The molecule has 0 aliphatic carbocycles. The molecule has 206 valence electrons. The Kier molecular flexibility index (Phi) is 9.04. The molecule has 0 radical (unpaired) electrons. The van der Waals surface area contributed by atoms with Crippen LogP contribution in [0.4, 0.5) is 0 Å². The molecule has 0 saturated carbocycles. The van der Waals surface area contributed by atoms with Gasteiger partial charge in [-0.05, 0) is 50.7 Å². The highest BCUT2D eigenvalue weighted by molar-refractivity contribution is 7.17. The average molecular weight is 550 g/mol. The number of carbonyl (C=O) groups is 2.